The van der Waals surface area contributed by atoms with Crippen LogP contribution >= 0.6 is 0 Å². The summed E-state index contributed by atoms with van der Waals surface area (Å²) in [6.45, 7) is 4.76. The van der Waals surface area contributed by atoms with Gasteiger partial charge in [0.15, 0.2) is 0 Å². The molecule has 0 amide bonds. The van der Waals surface area contributed by atoms with Gasteiger partial charge >= 0.3 is 0 Å². The lowest BCUT2D eigenvalue weighted by Crippen LogP contribution is -2.04. The van der Waals surface area contributed by atoms with Crippen molar-refractivity contribution in [2.24, 2.45) is 5.73 Å². The second kappa shape index (κ2) is 4.49. The van der Waals surface area contributed by atoms with Gasteiger partial charge in [0.1, 0.15) is 0 Å². The Morgan fingerprint density at radius 2 is 1.88 bits per heavy atom. The average molecular weight is 215 g/mol. The molecule has 0 spiro atoms. The molecule has 2 aromatic rings. The first-order chi connectivity index (χ1) is 7.72. The van der Waals surface area contributed by atoms with Gasteiger partial charge in [-0.05, 0) is 26.0 Å². The zero-order valence-electron chi connectivity index (χ0n) is 9.75. The van der Waals surface area contributed by atoms with Gasteiger partial charge in [-0.3, -0.25) is 5.10 Å². The molecule has 0 aliphatic heterocycles. The molecule has 3 nitrogen and oxygen atoms in total. The second-order valence-corrected chi connectivity index (χ2v) is 4.08. The predicted octanol–water partition coefficient (Wildman–Crippen LogP) is 2.19. The van der Waals surface area contributed by atoms with E-state index in [1.807, 2.05) is 6.92 Å². The lowest BCUT2D eigenvalue weighted by atomic mass is 10.0. The Kier molecular flexibility index (Phi) is 3.06. The van der Waals surface area contributed by atoms with E-state index in [2.05, 4.69) is 41.4 Å². The van der Waals surface area contributed by atoms with E-state index in [-0.39, 0.29) is 0 Å². The van der Waals surface area contributed by atoms with E-state index >= 15 is 0 Å². The largest absolute Gasteiger partial charge is 0.330 e. The van der Waals surface area contributed by atoms with Crippen molar-refractivity contribution in [3.05, 3.63) is 41.2 Å². The maximum atomic E-state index is 5.59. The van der Waals surface area contributed by atoms with Crippen LogP contribution in [0.15, 0.2) is 24.3 Å². The molecular formula is C13H17N3. The van der Waals surface area contributed by atoms with Gasteiger partial charge in [0.05, 0.1) is 5.69 Å². The van der Waals surface area contributed by atoms with Gasteiger partial charge in [0, 0.05) is 17.7 Å². The molecule has 0 saturated carbocycles. The highest BCUT2D eigenvalue weighted by Gasteiger charge is 2.11. The van der Waals surface area contributed by atoms with Crippen LogP contribution in [0.3, 0.4) is 0 Å². The van der Waals surface area contributed by atoms with Crippen molar-refractivity contribution in [1.82, 2.24) is 10.2 Å². The molecule has 16 heavy (non-hydrogen) atoms. The van der Waals surface area contributed by atoms with Crippen molar-refractivity contribution in [2.45, 2.75) is 20.3 Å². The fourth-order valence-electron chi connectivity index (χ4n) is 1.90. The van der Waals surface area contributed by atoms with Gasteiger partial charge in [-0.2, -0.15) is 5.10 Å². The maximum Gasteiger partial charge on any atom is 0.0715 e. The molecule has 1 heterocycles. The van der Waals surface area contributed by atoms with Crippen LogP contribution in [0.1, 0.15) is 17.0 Å². The Labute approximate surface area is 95.7 Å². The van der Waals surface area contributed by atoms with E-state index in [1.54, 1.807) is 0 Å². The first kappa shape index (κ1) is 10.9. The summed E-state index contributed by atoms with van der Waals surface area (Å²) in [4.78, 5) is 0. The standard InChI is InChI=1S/C13H17N3/c1-9-3-5-11(6-4-9)13-10(2)15-16-12(13)7-8-14/h3-6H,7-8,14H2,1-2H3,(H,15,16). The SMILES string of the molecule is Cc1ccc(-c2c(CCN)n[nH]c2C)cc1. The zero-order chi connectivity index (χ0) is 11.5. The van der Waals surface area contributed by atoms with Crippen molar-refractivity contribution in [3.8, 4) is 11.1 Å². The summed E-state index contributed by atoms with van der Waals surface area (Å²) in [6, 6.07) is 8.50. The molecule has 1 aromatic heterocycles. The number of nitrogens with zero attached hydrogens (tertiary/aromatic N) is 1. The van der Waals surface area contributed by atoms with Crippen LogP contribution in [0.25, 0.3) is 11.1 Å². The Balaban J connectivity index is 2.45. The molecule has 2 rings (SSSR count). The molecule has 0 saturated heterocycles. The van der Waals surface area contributed by atoms with E-state index < -0.39 is 0 Å². The minimum Gasteiger partial charge on any atom is -0.330 e. The lowest BCUT2D eigenvalue weighted by Gasteiger charge is -2.03. The number of aryl methyl sites for hydroxylation is 2. The number of aromatic nitrogens is 2. The van der Waals surface area contributed by atoms with Crippen molar-refractivity contribution in [2.75, 3.05) is 6.54 Å². The zero-order valence-corrected chi connectivity index (χ0v) is 9.75. The number of rotatable bonds is 3. The summed E-state index contributed by atoms with van der Waals surface area (Å²) in [5.74, 6) is 0. The van der Waals surface area contributed by atoms with E-state index in [0.29, 0.717) is 6.54 Å². The van der Waals surface area contributed by atoms with E-state index in [1.165, 1.54) is 16.7 Å². The number of hydrogen-bond acceptors (Lipinski definition) is 2. The van der Waals surface area contributed by atoms with Crippen LogP contribution in [0.5, 0.6) is 0 Å². The molecule has 3 heteroatoms. The van der Waals surface area contributed by atoms with Crippen molar-refractivity contribution < 1.29 is 0 Å². The van der Waals surface area contributed by atoms with Crippen LogP contribution in [0, 0.1) is 13.8 Å². The third-order valence-corrected chi connectivity index (χ3v) is 2.74. The minimum atomic E-state index is 0.628. The fraction of sp³-hybridized carbons (Fsp3) is 0.308. The number of benzene rings is 1. The molecule has 84 valence electrons. The van der Waals surface area contributed by atoms with Gasteiger partial charge in [0.25, 0.3) is 0 Å². The van der Waals surface area contributed by atoms with E-state index in [9.17, 15) is 0 Å². The van der Waals surface area contributed by atoms with Crippen molar-refractivity contribution >= 4 is 0 Å². The number of aromatic amines is 1. The van der Waals surface area contributed by atoms with Crippen LogP contribution in [-0.4, -0.2) is 16.7 Å². The Morgan fingerprint density at radius 1 is 1.19 bits per heavy atom. The van der Waals surface area contributed by atoms with E-state index in [4.69, 9.17) is 5.73 Å². The average Bonchev–Trinajstić information content (AvgIpc) is 2.62. The molecular weight excluding hydrogens is 198 g/mol. The Bertz CT molecular complexity index is 468. The molecule has 0 atom stereocenters. The summed E-state index contributed by atoms with van der Waals surface area (Å²) in [7, 11) is 0. The first-order valence-electron chi connectivity index (χ1n) is 5.53. The highest BCUT2D eigenvalue weighted by atomic mass is 15.1. The van der Waals surface area contributed by atoms with Crippen molar-refractivity contribution in [1.29, 1.82) is 0 Å². The first-order valence-corrected chi connectivity index (χ1v) is 5.53. The topological polar surface area (TPSA) is 54.7 Å². The molecule has 0 fully saturated rings. The summed E-state index contributed by atoms with van der Waals surface area (Å²) in [5.41, 5.74) is 11.4. The third-order valence-electron chi connectivity index (χ3n) is 2.74. The van der Waals surface area contributed by atoms with Crippen LogP contribution in [0.2, 0.25) is 0 Å². The van der Waals surface area contributed by atoms with E-state index in [0.717, 1.165) is 17.8 Å². The summed E-state index contributed by atoms with van der Waals surface area (Å²) in [5, 5.41) is 7.33. The predicted molar refractivity (Wildman–Crippen MR) is 66.3 cm³/mol. The molecule has 0 aliphatic carbocycles. The molecule has 0 radical (unpaired) electrons. The second-order valence-electron chi connectivity index (χ2n) is 4.08. The van der Waals surface area contributed by atoms with Gasteiger partial charge < -0.3 is 5.73 Å². The van der Waals surface area contributed by atoms with Crippen LogP contribution < -0.4 is 5.73 Å². The highest BCUT2D eigenvalue weighted by molar-refractivity contribution is 5.68. The normalized spacial score (nSPS) is 10.7. The molecule has 1 aromatic carbocycles. The highest BCUT2D eigenvalue weighted by Crippen LogP contribution is 2.26. The maximum absolute atomic E-state index is 5.59. The minimum absolute atomic E-state index is 0.628. The van der Waals surface area contributed by atoms with Crippen molar-refractivity contribution in [3.63, 3.8) is 0 Å². The number of hydrogen-bond donors (Lipinski definition) is 2. The van der Waals surface area contributed by atoms with Crippen LogP contribution in [0.4, 0.5) is 0 Å². The Morgan fingerprint density at radius 3 is 2.50 bits per heavy atom. The van der Waals surface area contributed by atoms with Gasteiger partial charge in [0.2, 0.25) is 0 Å². The van der Waals surface area contributed by atoms with Gasteiger partial charge in [-0.15, -0.1) is 0 Å². The molecule has 3 N–H and O–H groups in total. The fourth-order valence-corrected chi connectivity index (χ4v) is 1.90. The Hall–Kier alpha value is -1.61. The monoisotopic (exact) mass is 215 g/mol. The smallest absolute Gasteiger partial charge is 0.0715 e. The molecule has 0 unspecified atom stereocenters. The quantitative estimate of drug-likeness (QED) is 0.824. The van der Waals surface area contributed by atoms with Crippen LogP contribution in [-0.2, 0) is 6.42 Å². The third kappa shape index (κ3) is 1.99. The summed E-state index contributed by atoms with van der Waals surface area (Å²) < 4.78 is 0. The number of H-pyrrole nitrogens is 1. The molecule has 0 aliphatic rings. The summed E-state index contributed by atoms with van der Waals surface area (Å²) in [6.07, 6.45) is 0.813. The number of nitrogens with two attached hydrogens (primary N) is 1. The van der Waals surface area contributed by atoms with Gasteiger partial charge in [-0.1, -0.05) is 29.8 Å². The molecule has 0 bridgehead atoms. The van der Waals surface area contributed by atoms with Gasteiger partial charge in [-0.25, -0.2) is 0 Å². The summed E-state index contributed by atoms with van der Waals surface area (Å²) >= 11 is 0. The number of nitrogens with one attached hydrogen (secondary N) is 1. The lowest BCUT2D eigenvalue weighted by molar-refractivity contribution is 0.899.